The van der Waals surface area contributed by atoms with Crippen molar-refractivity contribution in [3.63, 3.8) is 0 Å². The molecule has 1 amide bonds. The molecule has 1 aromatic heterocycles. The van der Waals surface area contributed by atoms with Crippen molar-refractivity contribution in [2.24, 2.45) is 0 Å². The highest BCUT2D eigenvalue weighted by molar-refractivity contribution is 9.08. The lowest BCUT2D eigenvalue weighted by Gasteiger charge is -2.04. The highest BCUT2D eigenvalue weighted by Gasteiger charge is 2.16. The van der Waals surface area contributed by atoms with E-state index in [1.165, 1.54) is 35.3 Å². The van der Waals surface area contributed by atoms with Crippen LogP contribution in [0.5, 0.6) is 0 Å². The van der Waals surface area contributed by atoms with E-state index in [0.717, 1.165) is 28.7 Å². The van der Waals surface area contributed by atoms with Gasteiger partial charge in [0.05, 0.1) is 4.88 Å². The van der Waals surface area contributed by atoms with Crippen molar-refractivity contribution in [3.8, 4) is 0 Å². The van der Waals surface area contributed by atoms with E-state index in [0.29, 0.717) is 0 Å². The van der Waals surface area contributed by atoms with E-state index in [9.17, 15) is 4.79 Å². The van der Waals surface area contributed by atoms with Crippen LogP contribution in [0, 0.1) is 0 Å². The number of carbonyl (C=O) groups excluding carboxylic acids is 1. The molecule has 1 aliphatic carbocycles. The van der Waals surface area contributed by atoms with Gasteiger partial charge in [-0.3, -0.25) is 4.79 Å². The number of aryl methyl sites for hydroxylation is 2. The number of thiophene rings is 1. The maximum Gasteiger partial charge on any atom is 0.265 e. The molecule has 0 spiro atoms. The van der Waals surface area contributed by atoms with Crippen LogP contribution >= 0.6 is 27.3 Å². The number of alkyl halides is 1. The van der Waals surface area contributed by atoms with Crippen LogP contribution in [0.4, 0.5) is 5.69 Å². The first-order valence-electron chi connectivity index (χ1n) is 7.34. The molecule has 1 aromatic carbocycles. The summed E-state index contributed by atoms with van der Waals surface area (Å²) in [6, 6.07) is 10.0. The molecular formula is C17H18BrNOS. The minimum absolute atomic E-state index is 0.0136. The SMILES string of the molecule is O=C(Nc1ccc(CBr)cc1)c1cc2c(s1)CCCCC2. The van der Waals surface area contributed by atoms with Gasteiger partial charge in [-0.05, 0) is 55.0 Å². The molecule has 2 nitrogen and oxygen atoms in total. The van der Waals surface area contributed by atoms with E-state index in [4.69, 9.17) is 0 Å². The molecule has 2 aromatic rings. The molecule has 21 heavy (non-hydrogen) atoms. The number of hydrogen-bond donors (Lipinski definition) is 1. The first-order valence-corrected chi connectivity index (χ1v) is 9.28. The van der Waals surface area contributed by atoms with Gasteiger partial charge < -0.3 is 5.32 Å². The molecular weight excluding hydrogens is 346 g/mol. The Hall–Kier alpha value is -1.13. The molecule has 1 heterocycles. The summed E-state index contributed by atoms with van der Waals surface area (Å²) in [4.78, 5) is 14.6. The van der Waals surface area contributed by atoms with E-state index in [2.05, 4.69) is 27.3 Å². The zero-order valence-corrected chi connectivity index (χ0v) is 14.2. The minimum atomic E-state index is 0.0136. The normalized spacial score (nSPS) is 14.3. The minimum Gasteiger partial charge on any atom is -0.321 e. The molecule has 3 rings (SSSR count). The van der Waals surface area contributed by atoms with Crippen molar-refractivity contribution in [1.82, 2.24) is 0 Å². The van der Waals surface area contributed by atoms with Gasteiger partial charge in [-0.1, -0.05) is 34.5 Å². The average molecular weight is 364 g/mol. The van der Waals surface area contributed by atoms with Crippen LogP contribution in [0.15, 0.2) is 30.3 Å². The number of nitrogens with one attached hydrogen (secondary N) is 1. The van der Waals surface area contributed by atoms with E-state index in [1.807, 2.05) is 24.3 Å². The summed E-state index contributed by atoms with van der Waals surface area (Å²) in [5, 5.41) is 3.82. The Labute approximate surface area is 137 Å². The van der Waals surface area contributed by atoms with Crippen LogP contribution < -0.4 is 5.32 Å². The van der Waals surface area contributed by atoms with Crippen molar-refractivity contribution in [2.45, 2.75) is 37.4 Å². The fourth-order valence-corrected chi connectivity index (χ4v) is 4.17. The summed E-state index contributed by atoms with van der Waals surface area (Å²) in [7, 11) is 0. The third-order valence-corrected chi connectivity index (χ3v) is 5.72. The Kier molecular flexibility index (Phi) is 4.76. The Morgan fingerprint density at radius 3 is 2.67 bits per heavy atom. The lowest BCUT2D eigenvalue weighted by atomic mass is 10.1. The van der Waals surface area contributed by atoms with Crippen molar-refractivity contribution in [3.05, 3.63) is 51.2 Å². The molecule has 0 saturated heterocycles. The molecule has 1 N–H and O–H groups in total. The van der Waals surface area contributed by atoms with Gasteiger partial charge in [0.15, 0.2) is 0 Å². The number of anilines is 1. The lowest BCUT2D eigenvalue weighted by Crippen LogP contribution is -2.10. The van der Waals surface area contributed by atoms with Gasteiger partial charge in [-0.15, -0.1) is 11.3 Å². The quantitative estimate of drug-likeness (QED) is 0.591. The van der Waals surface area contributed by atoms with Crippen molar-refractivity contribution < 1.29 is 4.79 Å². The van der Waals surface area contributed by atoms with Gasteiger partial charge in [0.2, 0.25) is 0 Å². The number of carbonyl (C=O) groups is 1. The lowest BCUT2D eigenvalue weighted by molar-refractivity contribution is 0.103. The van der Waals surface area contributed by atoms with Gasteiger partial charge in [0, 0.05) is 15.9 Å². The Bertz CT molecular complexity index is 609. The maximum atomic E-state index is 12.4. The first kappa shape index (κ1) is 14.8. The van der Waals surface area contributed by atoms with E-state index in [1.54, 1.807) is 11.3 Å². The van der Waals surface area contributed by atoms with E-state index < -0.39 is 0 Å². The predicted molar refractivity (Wildman–Crippen MR) is 92.6 cm³/mol. The highest BCUT2D eigenvalue weighted by atomic mass is 79.9. The smallest absolute Gasteiger partial charge is 0.265 e. The zero-order valence-electron chi connectivity index (χ0n) is 11.8. The summed E-state index contributed by atoms with van der Waals surface area (Å²) < 4.78 is 0. The number of rotatable bonds is 3. The van der Waals surface area contributed by atoms with Gasteiger partial charge in [0.25, 0.3) is 5.91 Å². The number of hydrogen-bond acceptors (Lipinski definition) is 2. The van der Waals surface area contributed by atoms with Crippen LogP contribution in [-0.4, -0.2) is 5.91 Å². The van der Waals surface area contributed by atoms with Gasteiger partial charge in [-0.25, -0.2) is 0 Å². The molecule has 0 unspecified atom stereocenters. The molecule has 0 atom stereocenters. The first-order chi connectivity index (χ1) is 10.3. The molecule has 0 radical (unpaired) electrons. The van der Waals surface area contributed by atoms with Gasteiger partial charge in [0.1, 0.15) is 0 Å². The number of halogens is 1. The molecule has 0 fully saturated rings. The third-order valence-electron chi connectivity index (χ3n) is 3.84. The monoisotopic (exact) mass is 363 g/mol. The number of amides is 1. The number of benzene rings is 1. The second-order valence-electron chi connectivity index (χ2n) is 5.40. The van der Waals surface area contributed by atoms with Crippen LogP contribution in [-0.2, 0) is 18.2 Å². The van der Waals surface area contributed by atoms with Crippen LogP contribution in [0.1, 0.15) is 44.9 Å². The predicted octanol–water partition coefficient (Wildman–Crippen LogP) is 5.16. The van der Waals surface area contributed by atoms with Crippen LogP contribution in [0.25, 0.3) is 0 Å². The standard InChI is InChI=1S/C17H18BrNOS/c18-11-12-6-8-14(9-7-12)19-17(20)16-10-13-4-2-1-3-5-15(13)21-16/h6-10H,1-5,11H2,(H,19,20). The summed E-state index contributed by atoms with van der Waals surface area (Å²) in [6.07, 6.45) is 6.07. The summed E-state index contributed by atoms with van der Waals surface area (Å²) in [6.45, 7) is 0. The zero-order chi connectivity index (χ0) is 14.7. The van der Waals surface area contributed by atoms with E-state index in [-0.39, 0.29) is 5.91 Å². The largest absolute Gasteiger partial charge is 0.321 e. The topological polar surface area (TPSA) is 29.1 Å². The summed E-state index contributed by atoms with van der Waals surface area (Å²) in [5.41, 5.74) is 3.45. The van der Waals surface area contributed by atoms with Crippen LogP contribution in [0.3, 0.4) is 0 Å². The van der Waals surface area contributed by atoms with Crippen molar-refractivity contribution in [2.75, 3.05) is 5.32 Å². The molecule has 0 bridgehead atoms. The Morgan fingerprint density at radius 2 is 1.90 bits per heavy atom. The summed E-state index contributed by atoms with van der Waals surface area (Å²) in [5.74, 6) is 0.0136. The van der Waals surface area contributed by atoms with Gasteiger partial charge in [-0.2, -0.15) is 0 Å². The molecule has 1 aliphatic rings. The molecule has 110 valence electrons. The Morgan fingerprint density at radius 1 is 1.14 bits per heavy atom. The molecule has 4 heteroatoms. The van der Waals surface area contributed by atoms with E-state index >= 15 is 0 Å². The third kappa shape index (κ3) is 3.55. The fraction of sp³-hybridized carbons (Fsp3) is 0.353. The summed E-state index contributed by atoms with van der Waals surface area (Å²) >= 11 is 5.09. The molecule has 0 aliphatic heterocycles. The second-order valence-corrected chi connectivity index (χ2v) is 7.10. The Balaban J connectivity index is 1.72. The average Bonchev–Trinajstić information content (AvgIpc) is 2.79. The van der Waals surface area contributed by atoms with Gasteiger partial charge >= 0.3 is 0 Å². The fourth-order valence-electron chi connectivity index (χ4n) is 2.65. The molecule has 0 saturated carbocycles. The van der Waals surface area contributed by atoms with Crippen molar-refractivity contribution >= 4 is 38.9 Å². The van der Waals surface area contributed by atoms with Crippen LogP contribution in [0.2, 0.25) is 0 Å². The highest BCUT2D eigenvalue weighted by Crippen LogP contribution is 2.29. The maximum absolute atomic E-state index is 12.4. The number of fused-ring (bicyclic) bond motifs is 1. The second kappa shape index (κ2) is 6.75. The van der Waals surface area contributed by atoms with Crippen molar-refractivity contribution in [1.29, 1.82) is 0 Å².